The first-order valence-corrected chi connectivity index (χ1v) is 9.63. The molecule has 0 aliphatic carbocycles. The summed E-state index contributed by atoms with van der Waals surface area (Å²) in [4.78, 5) is 59.4. The van der Waals surface area contributed by atoms with E-state index in [4.69, 9.17) is 17.2 Å². The van der Waals surface area contributed by atoms with Crippen LogP contribution in [0.3, 0.4) is 0 Å². The van der Waals surface area contributed by atoms with Gasteiger partial charge in [0.25, 0.3) is 0 Å². The second-order valence-corrected chi connectivity index (χ2v) is 7.36. The lowest BCUT2D eigenvalue weighted by Gasteiger charge is -2.25. The zero-order valence-corrected chi connectivity index (χ0v) is 17.3. The van der Waals surface area contributed by atoms with Crippen molar-refractivity contribution in [1.29, 1.82) is 0 Å². The molecule has 0 fully saturated rings. The second kappa shape index (κ2) is 13.5. The van der Waals surface area contributed by atoms with E-state index < -0.39 is 54.1 Å². The smallest absolute Gasteiger partial charge is 0.243 e. The van der Waals surface area contributed by atoms with E-state index in [-0.39, 0.29) is 12.3 Å². The molecule has 11 nitrogen and oxygen atoms in total. The number of hydrogen-bond donors (Lipinski definition) is 6. The molecule has 0 aromatic rings. The quantitative estimate of drug-likeness (QED) is 0.177. The minimum Gasteiger partial charge on any atom is -0.370 e. The molecule has 11 heteroatoms. The van der Waals surface area contributed by atoms with Gasteiger partial charge >= 0.3 is 0 Å². The maximum absolute atomic E-state index is 12.7. The summed E-state index contributed by atoms with van der Waals surface area (Å²) in [5, 5.41) is 7.41. The van der Waals surface area contributed by atoms with Crippen LogP contribution in [-0.4, -0.2) is 54.2 Å². The standard InChI is InChI=1S/C18H34N6O5/c1-10(2)8-13(16(21)27)24-17(28)12(6-4-5-7-19)23-18(29)14(9-15(20)26)22-11(3)25/h10,12-14H,4-9,19H2,1-3H3,(H2,20,26)(H2,21,27)(H,22,25)(H,23,29)(H,24,28)/t12-,13-,14-/m0/s1. The fourth-order valence-corrected chi connectivity index (χ4v) is 2.68. The summed E-state index contributed by atoms with van der Waals surface area (Å²) < 4.78 is 0. The van der Waals surface area contributed by atoms with Crippen molar-refractivity contribution in [2.24, 2.45) is 23.1 Å². The van der Waals surface area contributed by atoms with Crippen LogP contribution in [0.5, 0.6) is 0 Å². The normalized spacial score (nSPS) is 13.8. The van der Waals surface area contributed by atoms with E-state index in [1.807, 2.05) is 13.8 Å². The van der Waals surface area contributed by atoms with Gasteiger partial charge in [-0.3, -0.25) is 24.0 Å². The summed E-state index contributed by atoms with van der Waals surface area (Å²) in [5.74, 6) is -3.19. The van der Waals surface area contributed by atoms with E-state index in [0.29, 0.717) is 25.8 Å². The molecular weight excluding hydrogens is 380 g/mol. The summed E-state index contributed by atoms with van der Waals surface area (Å²) in [5.41, 5.74) is 16.0. The average molecular weight is 415 g/mol. The molecule has 0 aromatic carbocycles. The molecule has 0 unspecified atom stereocenters. The number of hydrogen-bond acceptors (Lipinski definition) is 6. The third kappa shape index (κ3) is 11.7. The Kier molecular flexibility index (Phi) is 12.2. The Hall–Kier alpha value is -2.69. The van der Waals surface area contributed by atoms with E-state index >= 15 is 0 Å². The Morgan fingerprint density at radius 1 is 0.828 bits per heavy atom. The van der Waals surface area contributed by atoms with Crippen LogP contribution < -0.4 is 33.2 Å². The van der Waals surface area contributed by atoms with Gasteiger partial charge in [0.2, 0.25) is 29.5 Å². The summed E-state index contributed by atoms with van der Waals surface area (Å²) in [6.07, 6.45) is 1.36. The first-order chi connectivity index (χ1) is 13.5. The van der Waals surface area contributed by atoms with Gasteiger partial charge in [0.1, 0.15) is 18.1 Å². The van der Waals surface area contributed by atoms with Crippen LogP contribution in [-0.2, 0) is 24.0 Å². The molecule has 0 saturated heterocycles. The third-order valence-electron chi connectivity index (χ3n) is 4.05. The van der Waals surface area contributed by atoms with Gasteiger partial charge in [-0.2, -0.15) is 0 Å². The summed E-state index contributed by atoms with van der Waals surface area (Å²) in [6.45, 7) is 5.36. The highest BCUT2D eigenvalue weighted by molar-refractivity contribution is 5.95. The van der Waals surface area contributed by atoms with E-state index in [0.717, 1.165) is 0 Å². The monoisotopic (exact) mass is 414 g/mol. The Morgan fingerprint density at radius 3 is 1.83 bits per heavy atom. The SMILES string of the molecule is CC(=O)N[C@@H](CC(N)=O)C(=O)N[C@@H](CCCCN)C(=O)N[C@@H](CC(C)C)C(N)=O. The molecule has 0 aliphatic rings. The van der Waals surface area contributed by atoms with Gasteiger partial charge in [0.15, 0.2) is 0 Å². The highest BCUT2D eigenvalue weighted by Gasteiger charge is 2.29. The number of nitrogens with two attached hydrogens (primary N) is 3. The van der Waals surface area contributed by atoms with Gasteiger partial charge < -0.3 is 33.2 Å². The maximum Gasteiger partial charge on any atom is 0.243 e. The molecule has 0 radical (unpaired) electrons. The number of amides is 5. The van der Waals surface area contributed by atoms with Crippen LogP contribution >= 0.6 is 0 Å². The van der Waals surface area contributed by atoms with Crippen LogP contribution in [0.2, 0.25) is 0 Å². The average Bonchev–Trinajstić information content (AvgIpc) is 2.58. The first-order valence-electron chi connectivity index (χ1n) is 9.63. The van der Waals surface area contributed by atoms with Crippen molar-refractivity contribution < 1.29 is 24.0 Å². The first kappa shape index (κ1) is 26.3. The minimum atomic E-state index is -1.21. The number of primary amides is 2. The molecule has 0 saturated carbocycles. The third-order valence-corrected chi connectivity index (χ3v) is 4.05. The zero-order chi connectivity index (χ0) is 22.6. The number of nitrogens with one attached hydrogen (secondary N) is 3. The highest BCUT2D eigenvalue weighted by atomic mass is 16.2. The Balaban J connectivity index is 5.32. The fraction of sp³-hybridized carbons (Fsp3) is 0.722. The van der Waals surface area contributed by atoms with E-state index in [1.54, 1.807) is 0 Å². The zero-order valence-electron chi connectivity index (χ0n) is 17.3. The van der Waals surface area contributed by atoms with Gasteiger partial charge in [-0.15, -0.1) is 0 Å². The molecule has 5 amide bonds. The van der Waals surface area contributed by atoms with Crippen molar-refractivity contribution in [2.75, 3.05) is 6.54 Å². The number of rotatable bonds is 14. The molecule has 0 heterocycles. The van der Waals surface area contributed by atoms with Gasteiger partial charge in [0, 0.05) is 6.92 Å². The van der Waals surface area contributed by atoms with Crippen molar-refractivity contribution in [2.45, 2.75) is 71.0 Å². The predicted molar refractivity (Wildman–Crippen MR) is 107 cm³/mol. The molecule has 9 N–H and O–H groups in total. The Bertz CT molecular complexity index is 579. The Morgan fingerprint density at radius 2 is 1.38 bits per heavy atom. The van der Waals surface area contributed by atoms with E-state index in [2.05, 4.69) is 16.0 Å². The summed E-state index contributed by atoms with van der Waals surface area (Å²) in [6, 6.07) is -3.09. The van der Waals surface area contributed by atoms with Gasteiger partial charge in [-0.25, -0.2) is 0 Å². The van der Waals surface area contributed by atoms with Crippen LogP contribution in [0.25, 0.3) is 0 Å². The predicted octanol–water partition coefficient (Wildman–Crippen LogP) is -2.00. The molecule has 0 rings (SSSR count). The number of carbonyl (C=O) groups is 5. The second-order valence-electron chi connectivity index (χ2n) is 7.36. The number of unbranched alkanes of at least 4 members (excludes halogenated alkanes) is 1. The highest BCUT2D eigenvalue weighted by Crippen LogP contribution is 2.07. The molecule has 0 aromatic heterocycles. The van der Waals surface area contributed by atoms with Crippen LogP contribution in [0, 0.1) is 5.92 Å². The lowest BCUT2D eigenvalue weighted by molar-refractivity contribution is -0.134. The van der Waals surface area contributed by atoms with E-state index in [9.17, 15) is 24.0 Å². The molecule has 0 spiro atoms. The fourth-order valence-electron chi connectivity index (χ4n) is 2.68. The largest absolute Gasteiger partial charge is 0.370 e. The van der Waals surface area contributed by atoms with Crippen molar-refractivity contribution in [1.82, 2.24) is 16.0 Å². The molecular formula is C18H34N6O5. The molecule has 29 heavy (non-hydrogen) atoms. The van der Waals surface area contributed by atoms with Gasteiger partial charge in [-0.1, -0.05) is 13.8 Å². The number of carbonyl (C=O) groups excluding carboxylic acids is 5. The lowest BCUT2D eigenvalue weighted by Crippen LogP contribution is -2.56. The molecule has 0 aliphatic heterocycles. The molecule has 166 valence electrons. The van der Waals surface area contributed by atoms with Crippen molar-refractivity contribution in [3.63, 3.8) is 0 Å². The van der Waals surface area contributed by atoms with Crippen molar-refractivity contribution in [3.05, 3.63) is 0 Å². The molecule has 0 bridgehead atoms. The van der Waals surface area contributed by atoms with Crippen molar-refractivity contribution in [3.8, 4) is 0 Å². The van der Waals surface area contributed by atoms with Gasteiger partial charge in [-0.05, 0) is 38.1 Å². The van der Waals surface area contributed by atoms with E-state index in [1.165, 1.54) is 6.92 Å². The van der Waals surface area contributed by atoms with Crippen LogP contribution in [0.15, 0.2) is 0 Å². The van der Waals surface area contributed by atoms with Crippen molar-refractivity contribution >= 4 is 29.5 Å². The maximum atomic E-state index is 12.7. The Labute approximate surface area is 170 Å². The molecule has 3 atom stereocenters. The summed E-state index contributed by atoms with van der Waals surface area (Å²) in [7, 11) is 0. The topological polar surface area (TPSA) is 200 Å². The summed E-state index contributed by atoms with van der Waals surface area (Å²) >= 11 is 0. The van der Waals surface area contributed by atoms with Crippen LogP contribution in [0.4, 0.5) is 0 Å². The van der Waals surface area contributed by atoms with Crippen LogP contribution in [0.1, 0.15) is 52.9 Å². The van der Waals surface area contributed by atoms with Gasteiger partial charge in [0.05, 0.1) is 6.42 Å². The minimum absolute atomic E-state index is 0.109. The lowest BCUT2D eigenvalue weighted by atomic mass is 10.0.